The Labute approximate surface area is 145 Å². The highest BCUT2D eigenvalue weighted by atomic mass is 35.5. The van der Waals surface area contributed by atoms with Crippen LogP contribution < -0.4 is 10.6 Å². The highest BCUT2D eigenvalue weighted by Gasteiger charge is 2.08. The van der Waals surface area contributed by atoms with E-state index in [0.717, 1.165) is 11.4 Å². The third-order valence-corrected chi connectivity index (χ3v) is 3.69. The number of benzene rings is 2. The minimum Gasteiger partial charge on any atom is -0.355 e. The summed E-state index contributed by atoms with van der Waals surface area (Å²) < 4.78 is 0. The normalized spacial score (nSPS) is 10.2. The monoisotopic (exact) mass is 337 g/mol. The minimum absolute atomic E-state index is 0.273. The topological polar surface area (TPSA) is 54.0 Å². The molecule has 0 aliphatic rings. The Morgan fingerprint density at radius 3 is 2.29 bits per heavy atom. The van der Waals surface area contributed by atoms with Crippen LogP contribution in [0.1, 0.15) is 16.1 Å². The van der Waals surface area contributed by atoms with Crippen molar-refractivity contribution in [1.82, 2.24) is 4.98 Å². The number of nitrogens with zero attached hydrogens (tertiary/aromatic N) is 1. The van der Waals surface area contributed by atoms with Crippen molar-refractivity contribution in [2.24, 2.45) is 0 Å². The van der Waals surface area contributed by atoms with Crippen LogP contribution in [0.4, 0.5) is 17.1 Å². The zero-order chi connectivity index (χ0) is 16.9. The van der Waals surface area contributed by atoms with Crippen molar-refractivity contribution in [3.63, 3.8) is 0 Å². The number of halogens is 1. The van der Waals surface area contributed by atoms with Gasteiger partial charge in [0.25, 0.3) is 5.91 Å². The van der Waals surface area contributed by atoms with Gasteiger partial charge in [0, 0.05) is 28.3 Å². The van der Waals surface area contributed by atoms with E-state index in [9.17, 15) is 4.79 Å². The number of hydrogen-bond acceptors (Lipinski definition) is 3. The maximum Gasteiger partial charge on any atom is 0.274 e. The van der Waals surface area contributed by atoms with Crippen LogP contribution in [-0.2, 0) is 0 Å². The molecule has 0 saturated carbocycles. The van der Waals surface area contributed by atoms with Crippen molar-refractivity contribution < 1.29 is 4.79 Å². The van der Waals surface area contributed by atoms with Gasteiger partial charge in [-0.05, 0) is 55.5 Å². The van der Waals surface area contributed by atoms with E-state index in [1.54, 1.807) is 36.5 Å². The first-order valence-corrected chi connectivity index (χ1v) is 7.84. The number of nitrogens with one attached hydrogen (secondary N) is 2. The van der Waals surface area contributed by atoms with Gasteiger partial charge < -0.3 is 10.6 Å². The second-order valence-electron chi connectivity index (χ2n) is 5.38. The molecule has 1 amide bonds. The fourth-order valence-electron chi connectivity index (χ4n) is 2.16. The quantitative estimate of drug-likeness (QED) is 0.701. The number of amides is 1. The summed E-state index contributed by atoms with van der Waals surface area (Å²) in [5.74, 6) is -0.273. The maximum absolute atomic E-state index is 12.3. The smallest absolute Gasteiger partial charge is 0.274 e. The fourth-order valence-corrected chi connectivity index (χ4v) is 2.29. The Balaban J connectivity index is 1.73. The van der Waals surface area contributed by atoms with Gasteiger partial charge in [-0.2, -0.15) is 0 Å². The second-order valence-corrected chi connectivity index (χ2v) is 5.82. The molecule has 0 aliphatic heterocycles. The third-order valence-electron chi connectivity index (χ3n) is 3.43. The summed E-state index contributed by atoms with van der Waals surface area (Å²) in [6, 6.07) is 18.5. The lowest BCUT2D eigenvalue weighted by Crippen LogP contribution is -2.13. The Morgan fingerprint density at radius 1 is 0.917 bits per heavy atom. The molecule has 0 fully saturated rings. The first kappa shape index (κ1) is 16.0. The van der Waals surface area contributed by atoms with Crippen molar-refractivity contribution in [3.05, 3.63) is 83.1 Å². The molecular formula is C19H16ClN3O. The third kappa shape index (κ3) is 4.12. The Morgan fingerprint density at radius 2 is 1.58 bits per heavy atom. The van der Waals surface area contributed by atoms with E-state index in [0.29, 0.717) is 16.4 Å². The minimum atomic E-state index is -0.273. The Bertz CT molecular complexity index is 845. The summed E-state index contributed by atoms with van der Waals surface area (Å²) >= 11 is 5.84. The first-order valence-electron chi connectivity index (χ1n) is 7.47. The molecule has 1 heterocycles. The van der Waals surface area contributed by atoms with Gasteiger partial charge >= 0.3 is 0 Å². The molecule has 0 bridgehead atoms. The van der Waals surface area contributed by atoms with Crippen molar-refractivity contribution in [3.8, 4) is 0 Å². The van der Waals surface area contributed by atoms with Crippen molar-refractivity contribution in [1.29, 1.82) is 0 Å². The predicted octanol–water partition coefficient (Wildman–Crippen LogP) is 5.04. The molecule has 24 heavy (non-hydrogen) atoms. The Hall–Kier alpha value is -2.85. The second kappa shape index (κ2) is 7.15. The summed E-state index contributed by atoms with van der Waals surface area (Å²) in [5.41, 5.74) is 3.95. The number of anilines is 3. The number of aromatic nitrogens is 1. The summed E-state index contributed by atoms with van der Waals surface area (Å²) in [6.45, 7) is 2.04. The van der Waals surface area contributed by atoms with Gasteiger partial charge in [-0.3, -0.25) is 9.78 Å². The van der Waals surface area contributed by atoms with Gasteiger partial charge in [-0.25, -0.2) is 0 Å². The van der Waals surface area contributed by atoms with E-state index in [2.05, 4.69) is 15.6 Å². The van der Waals surface area contributed by atoms with Crippen LogP contribution in [0.25, 0.3) is 0 Å². The number of carbonyl (C=O) groups excluding carboxylic acids is 1. The van der Waals surface area contributed by atoms with Gasteiger partial charge in [0.2, 0.25) is 0 Å². The van der Waals surface area contributed by atoms with Gasteiger partial charge in [0.15, 0.2) is 0 Å². The molecular weight excluding hydrogens is 322 g/mol. The lowest BCUT2D eigenvalue weighted by atomic mass is 10.2. The molecule has 5 heteroatoms. The zero-order valence-corrected chi connectivity index (χ0v) is 13.8. The molecule has 0 unspecified atom stereocenters. The molecule has 120 valence electrons. The lowest BCUT2D eigenvalue weighted by molar-refractivity contribution is 0.102. The molecule has 0 radical (unpaired) electrons. The number of pyridine rings is 1. The maximum atomic E-state index is 12.3. The van der Waals surface area contributed by atoms with Gasteiger partial charge in [0.05, 0.1) is 0 Å². The molecule has 0 atom stereocenters. The van der Waals surface area contributed by atoms with Gasteiger partial charge in [-0.1, -0.05) is 29.3 Å². The summed E-state index contributed by atoms with van der Waals surface area (Å²) in [4.78, 5) is 16.4. The van der Waals surface area contributed by atoms with Crippen LogP contribution in [-0.4, -0.2) is 10.9 Å². The number of carbonyl (C=O) groups is 1. The van der Waals surface area contributed by atoms with Crippen LogP contribution in [0.15, 0.2) is 66.9 Å². The first-order chi connectivity index (χ1) is 11.6. The van der Waals surface area contributed by atoms with E-state index < -0.39 is 0 Å². The number of hydrogen-bond donors (Lipinski definition) is 2. The van der Waals surface area contributed by atoms with E-state index in [1.165, 1.54) is 5.56 Å². The molecule has 0 spiro atoms. The highest BCUT2D eigenvalue weighted by molar-refractivity contribution is 6.30. The van der Waals surface area contributed by atoms with Gasteiger partial charge in [-0.15, -0.1) is 0 Å². The van der Waals surface area contributed by atoms with E-state index in [-0.39, 0.29) is 5.91 Å². The summed E-state index contributed by atoms with van der Waals surface area (Å²) in [7, 11) is 0. The van der Waals surface area contributed by atoms with Crippen LogP contribution in [0.2, 0.25) is 5.02 Å². The van der Waals surface area contributed by atoms with Crippen LogP contribution >= 0.6 is 11.6 Å². The van der Waals surface area contributed by atoms with Crippen molar-refractivity contribution in [2.75, 3.05) is 10.6 Å². The standard InChI is InChI=1S/C19H16ClN3O/c1-13-2-6-15(7-3-13)22-17-10-11-21-18(12-17)19(24)23-16-8-4-14(20)5-9-16/h2-12H,1H3,(H,21,22)(H,23,24). The van der Waals surface area contributed by atoms with Crippen LogP contribution in [0, 0.1) is 6.92 Å². The van der Waals surface area contributed by atoms with Crippen LogP contribution in [0.5, 0.6) is 0 Å². The summed E-state index contributed by atoms with van der Waals surface area (Å²) in [6.07, 6.45) is 1.60. The molecule has 3 rings (SSSR count). The molecule has 1 aromatic heterocycles. The van der Waals surface area contributed by atoms with E-state index in [4.69, 9.17) is 11.6 Å². The van der Waals surface area contributed by atoms with Crippen LogP contribution in [0.3, 0.4) is 0 Å². The Kier molecular flexibility index (Phi) is 4.77. The zero-order valence-electron chi connectivity index (χ0n) is 13.1. The van der Waals surface area contributed by atoms with Gasteiger partial charge in [0.1, 0.15) is 5.69 Å². The molecule has 3 aromatic rings. The highest BCUT2D eigenvalue weighted by Crippen LogP contribution is 2.18. The largest absolute Gasteiger partial charge is 0.355 e. The van der Waals surface area contributed by atoms with E-state index >= 15 is 0 Å². The fraction of sp³-hybridized carbons (Fsp3) is 0.0526. The number of rotatable bonds is 4. The molecule has 4 nitrogen and oxygen atoms in total. The van der Waals surface area contributed by atoms with Crippen molar-refractivity contribution >= 4 is 34.6 Å². The summed E-state index contributed by atoms with van der Waals surface area (Å²) in [5, 5.41) is 6.68. The predicted molar refractivity (Wildman–Crippen MR) is 98.1 cm³/mol. The van der Waals surface area contributed by atoms with E-state index in [1.807, 2.05) is 37.3 Å². The SMILES string of the molecule is Cc1ccc(Nc2ccnc(C(=O)Nc3ccc(Cl)cc3)c2)cc1. The average molecular weight is 338 g/mol. The molecule has 0 saturated heterocycles. The molecule has 2 N–H and O–H groups in total. The van der Waals surface area contributed by atoms with Crippen molar-refractivity contribution in [2.45, 2.75) is 6.92 Å². The molecule has 0 aliphatic carbocycles. The average Bonchev–Trinajstić information content (AvgIpc) is 2.59. The number of aryl methyl sites for hydroxylation is 1. The molecule has 2 aromatic carbocycles. The lowest BCUT2D eigenvalue weighted by Gasteiger charge is -2.09.